The highest BCUT2D eigenvalue weighted by atomic mass is 35.5. The largest absolute Gasteiger partial charge is 0.377 e. The Morgan fingerprint density at radius 1 is 1.60 bits per heavy atom. The van der Waals surface area contributed by atoms with E-state index in [9.17, 15) is 4.79 Å². The Kier molecular flexibility index (Phi) is 5.28. The number of fused-ring (bicyclic) bond motifs is 1. The lowest BCUT2D eigenvalue weighted by atomic mass is 9.46. The van der Waals surface area contributed by atoms with Crippen LogP contribution in [0.1, 0.15) is 40.0 Å². The fourth-order valence-corrected chi connectivity index (χ4v) is 3.69. The molecule has 0 spiro atoms. The Bertz CT molecular complexity index is 386. The number of hydrogen-bond donors (Lipinski definition) is 2. The molecule has 3 N–H and O–H groups in total. The molecule has 0 aromatic heterocycles. The second-order valence-electron chi connectivity index (χ2n) is 6.53. The third kappa shape index (κ3) is 2.38. The van der Waals surface area contributed by atoms with Gasteiger partial charge in [0.15, 0.2) is 0 Å². The fourth-order valence-electron chi connectivity index (χ4n) is 3.69. The van der Waals surface area contributed by atoms with Gasteiger partial charge in [0.1, 0.15) is 5.54 Å². The van der Waals surface area contributed by atoms with E-state index in [0.717, 1.165) is 25.9 Å². The third-order valence-corrected chi connectivity index (χ3v) is 4.96. The molecule has 0 aromatic carbocycles. The van der Waals surface area contributed by atoms with Gasteiger partial charge in [0.2, 0.25) is 5.91 Å². The van der Waals surface area contributed by atoms with E-state index in [0.29, 0.717) is 0 Å². The summed E-state index contributed by atoms with van der Waals surface area (Å²) in [5.41, 5.74) is 5.38. The molecule has 5 heteroatoms. The molecule has 2 rings (SSSR count). The highest BCUT2D eigenvalue weighted by Crippen LogP contribution is 2.57. The summed E-state index contributed by atoms with van der Waals surface area (Å²) >= 11 is 0. The molecule has 20 heavy (non-hydrogen) atoms. The minimum atomic E-state index is -0.812. The van der Waals surface area contributed by atoms with E-state index >= 15 is 0 Å². The molecule has 1 amide bonds. The Labute approximate surface area is 127 Å². The van der Waals surface area contributed by atoms with Crippen LogP contribution in [0.3, 0.4) is 0 Å². The van der Waals surface area contributed by atoms with Crippen molar-refractivity contribution >= 4 is 18.3 Å². The summed E-state index contributed by atoms with van der Waals surface area (Å²) < 4.78 is 5.81. The number of carbonyl (C=O) groups is 1. The van der Waals surface area contributed by atoms with Crippen molar-refractivity contribution in [1.29, 1.82) is 0 Å². The van der Waals surface area contributed by atoms with Crippen molar-refractivity contribution in [3.63, 3.8) is 0 Å². The van der Waals surface area contributed by atoms with Gasteiger partial charge in [0.05, 0.1) is 6.10 Å². The molecule has 4 atom stereocenters. The Balaban J connectivity index is 0.00000200. The number of halogens is 1. The van der Waals surface area contributed by atoms with Crippen molar-refractivity contribution in [3.05, 3.63) is 12.7 Å². The minimum Gasteiger partial charge on any atom is -0.377 e. The fraction of sp³-hybridized carbons (Fsp3) is 0.800. The summed E-state index contributed by atoms with van der Waals surface area (Å²) in [6.45, 7) is 10.5. The van der Waals surface area contributed by atoms with Gasteiger partial charge >= 0.3 is 0 Å². The topological polar surface area (TPSA) is 64.4 Å². The lowest BCUT2D eigenvalue weighted by molar-refractivity contribution is -0.225. The summed E-state index contributed by atoms with van der Waals surface area (Å²) in [6, 6.07) is 0.0739. The maximum Gasteiger partial charge on any atom is 0.241 e. The number of ether oxygens (including phenoxy) is 1. The van der Waals surface area contributed by atoms with Gasteiger partial charge in [-0.05, 0) is 26.2 Å². The number of carbonyl (C=O) groups excluding carboxylic acids is 1. The van der Waals surface area contributed by atoms with Crippen molar-refractivity contribution in [2.24, 2.45) is 17.1 Å². The van der Waals surface area contributed by atoms with Crippen LogP contribution in [-0.2, 0) is 9.53 Å². The molecule has 0 bridgehead atoms. The molecule has 0 radical (unpaired) electrons. The maximum absolute atomic E-state index is 12.6. The predicted octanol–water partition coefficient (Wildman–Crippen LogP) is 2.02. The van der Waals surface area contributed by atoms with Crippen LogP contribution < -0.4 is 11.1 Å². The zero-order valence-electron chi connectivity index (χ0n) is 12.6. The van der Waals surface area contributed by atoms with Crippen molar-refractivity contribution in [2.75, 3.05) is 6.61 Å². The van der Waals surface area contributed by atoms with Gasteiger partial charge in [0, 0.05) is 24.0 Å². The van der Waals surface area contributed by atoms with Crippen LogP contribution in [0.25, 0.3) is 0 Å². The first-order chi connectivity index (χ1) is 8.85. The number of amides is 1. The van der Waals surface area contributed by atoms with Crippen LogP contribution in [-0.4, -0.2) is 30.2 Å². The average molecular weight is 303 g/mol. The molecule has 1 saturated carbocycles. The van der Waals surface area contributed by atoms with E-state index in [-0.39, 0.29) is 41.8 Å². The molecular weight excluding hydrogens is 276 g/mol. The first kappa shape index (κ1) is 17.5. The Morgan fingerprint density at radius 3 is 2.85 bits per heavy atom. The Hall–Kier alpha value is -0.580. The van der Waals surface area contributed by atoms with Crippen LogP contribution in [0.15, 0.2) is 12.7 Å². The first-order valence-corrected chi connectivity index (χ1v) is 7.18. The van der Waals surface area contributed by atoms with E-state index in [2.05, 4.69) is 11.9 Å². The highest BCUT2D eigenvalue weighted by molar-refractivity contribution is 5.89. The van der Waals surface area contributed by atoms with Gasteiger partial charge in [-0.3, -0.25) is 4.79 Å². The summed E-state index contributed by atoms with van der Waals surface area (Å²) in [4.78, 5) is 12.6. The van der Waals surface area contributed by atoms with E-state index in [4.69, 9.17) is 10.5 Å². The van der Waals surface area contributed by atoms with Crippen molar-refractivity contribution < 1.29 is 9.53 Å². The third-order valence-electron chi connectivity index (χ3n) is 4.96. The quantitative estimate of drug-likeness (QED) is 0.781. The lowest BCUT2D eigenvalue weighted by Gasteiger charge is -2.65. The van der Waals surface area contributed by atoms with Crippen molar-refractivity contribution in [2.45, 2.75) is 57.7 Å². The predicted molar refractivity (Wildman–Crippen MR) is 82.8 cm³/mol. The monoisotopic (exact) mass is 302 g/mol. The normalized spacial score (nSPS) is 35.8. The van der Waals surface area contributed by atoms with E-state index < -0.39 is 5.54 Å². The molecule has 4 nitrogen and oxygen atoms in total. The molecule has 0 aromatic rings. The smallest absolute Gasteiger partial charge is 0.241 e. The lowest BCUT2D eigenvalue weighted by Crippen LogP contribution is -2.82. The van der Waals surface area contributed by atoms with Crippen molar-refractivity contribution in [1.82, 2.24) is 5.32 Å². The number of rotatable bonds is 4. The molecule has 2 fully saturated rings. The molecule has 2 aliphatic rings. The molecular formula is C15H27ClN2O2. The number of nitrogens with two attached hydrogens (primary N) is 1. The van der Waals surface area contributed by atoms with Crippen LogP contribution in [0.4, 0.5) is 0 Å². The van der Waals surface area contributed by atoms with Crippen LogP contribution in [0, 0.1) is 11.3 Å². The van der Waals surface area contributed by atoms with Crippen molar-refractivity contribution in [3.8, 4) is 0 Å². The SMILES string of the molecule is C=CCC(C)NC(=O)C1(N)C2CCCOC2C1(C)C.Cl. The molecule has 116 valence electrons. The number of nitrogens with one attached hydrogen (secondary N) is 1. The minimum absolute atomic E-state index is 0. The standard InChI is InChI=1S/C15H26N2O2.ClH/c1-5-7-10(2)17-13(18)15(16)11-8-6-9-19-12(11)14(15,3)4;/h5,10-12H,1,6-9,16H2,2-4H3,(H,17,18);1H. The van der Waals surface area contributed by atoms with E-state index in [1.807, 2.05) is 26.8 Å². The van der Waals surface area contributed by atoms with Gasteiger partial charge in [-0.2, -0.15) is 0 Å². The second-order valence-corrected chi connectivity index (χ2v) is 6.53. The molecule has 1 saturated heterocycles. The van der Waals surface area contributed by atoms with E-state index in [1.54, 1.807) is 0 Å². The molecule has 1 aliphatic heterocycles. The number of hydrogen-bond acceptors (Lipinski definition) is 3. The molecule has 1 aliphatic carbocycles. The van der Waals surface area contributed by atoms with Gasteiger partial charge < -0.3 is 15.8 Å². The van der Waals surface area contributed by atoms with Gasteiger partial charge in [-0.15, -0.1) is 19.0 Å². The maximum atomic E-state index is 12.6. The van der Waals surface area contributed by atoms with Crippen LogP contribution in [0.2, 0.25) is 0 Å². The summed E-state index contributed by atoms with van der Waals surface area (Å²) in [6.07, 6.45) is 4.66. The van der Waals surface area contributed by atoms with E-state index in [1.165, 1.54) is 0 Å². The first-order valence-electron chi connectivity index (χ1n) is 7.18. The second kappa shape index (κ2) is 6.04. The van der Waals surface area contributed by atoms with Gasteiger partial charge in [-0.25, -0.2) is 0 Å². The zero-order chi connectivity index (χ0) is 14.3. The highest BCUT2D eigenvalue weighted by Gasteiger charge is 2.70. The zero-order valence-corrected chi connectivity index (χ0v) is 13.5. The molecule has 1 heterocycles. The van der Waals surface area contributed by atoms with Crippen LogP contribution >= 0.6 is 12.4 Å². The summed E-state index contributed by atoms with van der Waals surface area (Å²) in [5.74, 6) is 0.103. The summed E-state index contributed by atoms with van der Waals surface area (Å²) in [5, 5.41) is 3.02. The van der Waals surface area contributed by atoms with Crippen LogP contribution in [0.5, 0.6) is 0 Å². The van der Waals surface area contributed by atoms with Gasteiger partial charge in [-0.1, -0.05) is 19.9 Å². The summed E-state index contributed by atoms with van der Waals surface area (Å²) in [7, 11) is 0. The van der Waals surface area contributed by atoms with Gasteiger partial charge in [0.25, 0.3) is 0 Å². The Morgan fingerprint density at radius 2 is 2.25 bits per heavy atom. The average Bonchev–Trinajstić information content (AvgIpc) is 2.37. The molecule has 4 unspecified atom stereocenters.